The second-order valence-corrected chi connectivity index (χ2v) is 6.25. The van der Waals surface area contributed by atoms with Gasteiger partial charge in [-0.1, -0.05) is 43.1 Å². The van der Waals surface area contributed by atoms with Crippen LogP contribution in [0.1, 0.15) is 33.1 Å². The van der Waals surface area contributed by atoms with E-state index in [0.29, 0.717) is 27.6 Å². The maximum atomic E-state index is 6.30. The van der Waals surface area contributed by atoms with Gasteiger partial charge < -0.3 is 10.1 Å². The molecule has 0 amide bonds. The summed E-state index contributed by atoms with van der Waals surface area (Å²) >= 11 is 12.3. The number of hydrogen-bond donors (Lipinski definition) is 1. The molecule has 1 unspecified atom stereocenters. The Morgan fingerprint density at radius 1 is 1.30 bits per heavy atom. The highest BCUT2D eigenvalue weighted by molar-refractivity contribution is 6.42. The van der Waals surface area contributed by atoms with Crippen LogP contribution in [0.25, 0.3) is 0 Å². The van der Waals surface area contributed by atoms with Gasteiger partial charge in [-0.15, -0.1) is 0 Å². The van der Waals surface area contributed by atoms with E-state index in [2.05, 4.69) is 19.2 Å². The zero-order valence-electron chi connectivity index (χ0n) is 12.2. The number of benzene rings is 1. The number of hydrogen-bond acceptors (Lipinski definition) is 2. The van der Waals surface area contributed by atoms with Gasteiger partial charge in [0.2, 0.25) is 0 Å². The van der Waals surface area contributed by atoms with Crippen molar-refractivity contribution in [2.24, 2.45) is 11.8 Å². The summed E-state index contributed by atoms with van der Waals surface area (Å²) in [4.78, 5) is 0. The largest absolute Gasteiger partial charge is 0.488 e. The molecule has 112 valence electrons. The first kappa shape index (κ1) is 15.9. The molecule has 1 heterocycles. The molecule has 0 spiro atoms. The van der Waals surface area contributed by atoms with Crippen molar-refractivity contribution in [1.29, 1.82) is 0 Å². The van der Waals surface area contributed by atoms with Gasteiger partial charge in [0.1, 0.15) is 16.9 Å². The molecule has 0 radical (unpaired) electrons. The first-order valence-corrected chi connectivity index (χ1v) is 8.24. The summed E-state index contributed by atoms with van der Waals surface area (Å²) in [6, 6.07) is 5.59. The van der Waals surface area contributed by atoms with Gasteiger partial charge in [0.15, 0.2) is 0 Å². The molecule has 2 nitrogen and oxygen atoms in total. The Kier molecular flexibility index (Phi) is 6.01. The van der Waals surface area contributed by atoms with E-state index in [4.69, 9.17) is 27.9 Å². The Hall–Kier alpha value is -0.440. The second-order valence-electron chi connectivity index (χ2n) is 5.46. The van der Waals surface area contributed by atoms with Gasteiger partial charge >= 0.3 is 0 Å². The maximum absolute atomic E-state index is 6.30. The topological polar surface area (TPSA) is 21.3 Å². The fourth-order valence-electron chi connectivity index (χ4n) is 3.01. The van der Waals surface area contributed by atoms with E-state index in [9.17, 15) is 0 Å². The van der Waals surface area contributed by atoms with Crippen LogP contribution >= 0.6 is 23.2 Å². The molecule has 1 aliphatic heterocycles. The van der Waals surface area contributed by atoms with Crippen LogP contribution in [-0.4, -0.2) is 19.2 Å². The summed E-state index contributed by atoms with van der Waals surface area (Å²) in [5, 5.41) is 4.51. The molecule has 1 aromatic rings. The molecule has 1 aromatic carbocycles. The molecular weight excluding hydrogens is 293 g/mol. The van der Waals surface area contributed by atoms with Gasteiger partial charge in [-0.25, -0.2) is 0 Å². The molecule has 1 N–H and O–H groups in total. The van der Waals surface area contributed by atoms with E-state index in [1.54, 1.807) is 6.07 Å². The van der Waals surface area contributed by atoms with Crippen molar-refractivity contribution in [1.82, 2.24) is 5.32 Å². The molecule has 0 aromatic heterocycles. The Morgan fingerprint density at radius 3 is 2.65 bits per heavy atom. The standard InChI is InChI=1S/C16H23Cl2NO/c1-3-11(4-2)16(12-8-9-19-10-12)20-14-7-5-6-13(17)15(14)18/h5-7,11-12,16,19H,3-4,8-10H2,1-2H3/t12?,16-/m1/s1. The summed E-state index contributed by atoms with van der Waals surface area (Å²) < 4.78 is 6.30. The fraction of sp³-hybridized carbons (Fsp3) is 0.625. The lowest BCUT2D eigenvalue weighted by Crippen LogP contribution is -2.35. The monoisotopic (exact) mass is 315 g/mol. The van der Waals surface area contributed by atoms with Crippen LogP contribution < -0.4 is 10.1 Å². The average molecular weight is 316 g/mol. The van der Waals surface area contributed by atoms with Crippen molar-refractivity contribution < 1.29 is 4.74 Å². The normalized spacial score (nSPS) is 20.4. The van der Waals surface area contributed by atoms with Crippen molar-refractivity contribution in [2.45, 2.75) is 39.2 Å². The zero-order chi connectivity index (χ0) is 14.5. The lowest BCUT2D eigenvalue weighted by atomic mass is 9.86. The number of rotatable bonds is 6. The highest BCUT2D eigenvalue weighted by Gasteiger charge is 2.32. The predicted molar refractivity (Wildman–Crippen MR) is 85.9 cm³/mol. The highest BCUT2D eigenvalue weighted by Crippen LogP contribution is 2.35. The third-order valence-corrected chi connectivity index (χ3v) is 5.06. The van der Waals surface area contributed by atoms with Crippen LogP contribution in [0.15, 0.2) is 18.2 Å². The van der Waals surface area contributed by atoms with Crippen molar-refractivity contribution in [3.63, 3.8) is 0 Å². The fourth-order valence-corrected chi connectivity index (χ4v) is 3.35. The van der Waals surface area contributed by atoms with Crippen molar-refractivity contribution in [2.75, 3.05) is 13.1 Å². The molecule has 1 aliphatic rings. The third kappa shape index (κ3) is 3.60. The van der Waals surface area contributed by atoms with Crippen LogP contribution in [0.5, 0.6) is 5.75 Å². The molecule has 2 rings (SSSR count). The number of nitrogens with one attached hydrogen (secondary N) is 1. The lowest BCUT2D eigenvalue weighted by Gasteiger charge is -2.31. The van der Waals surface area contributed by atoms with E-state index >= 15 is 0 Å². The molecule has 1 fully saturated rings. The van der Waals surface area contributed by atoms with Gasteiger partial charge in [0, 0.05) is 12.5 Å². The summed E-state index contributed by atoms with van der Waals surface area (Å²) in [7, 11) is 0. The number of ether oxygens (including phenoxy) is 1. The van der Waals surface area contributed by atoms with E-state index < -0.39 is 0 Å². The molecular formula is C16H23Cl2NO. The molecule has 0 saturated carbocycles. The summed E-state index contributed by atoms with van der Waals surface area (Å²) in [5.74, 6) is 1.81. The molecule has 2 atom stereocenters. The van der Waals surface area contributed by atoms with Crippen LogP contribution in [-0.2, 0) is 0 Å². The van der Waals surface area contributed by atoms with Gasteiger partial charge in [0.05, 0.1) is 5.02 Å². The van der Waals surface area contributed by atoms with E-state index in [-0.39, 0.29) is 6.10 Å². The van der Waals surface area contributed by atoms with Crippen molar-refractivity contribution in [3.8, 4) is 5.75 Å². The Morgan fingerprint density at radius 2 is 2.05 bits per heavy atom. The maximum Gasteiger partial charge on any atom is 0.139 e. The van der Waals surface area contributed by atoms with Crippen molar-refractivity contribution >= 4 is 23.2 Å². The molecule has 4 heteroatoms. The Labute approximate surface area is 131 Å². The van der Waals surface area contributed by atoms with Crippen LogP contribution in [0, 0.1) is 11.8 Å². The summed E-state index contributed by atoms with van der Waals surface area (Å²) in [6.45, 7) is 6.56. The van der Waals surface area contributed by atoms with Gasteiger partial charge in [0.25, 0.3) is 0 Å². The molecule has 0 bridgehead atoms. The average Bonchev–Trinajstić information content (AvgIpc) is 2.97. The first-order chi connectivity index (χ1) is 9.67. The smallest absolute Gasteiger partial charge is 0.139 e. The minimum absolute atomic E-state index is 0.205. The van der Waals surface area contributed by atoms with Crippen LogP contribution in [0.3, 0.4) is 0 Å². The minimum Gasteiger partial charge on any atom is -0.488 e. The molecule has 1 saturated heterocycles. The Bertz CT molecular complexity index is 426. The second kappa shape index (κ2) is 7.53. The van der Waals surface area contributed by atoms with Gasteiger partial charge in [-0.2, -0.15) is 0 Å². The van der Waals surface area contributed by atoms with E-state index in [1.165, 1.54) is 6.42 Å². The quantitative estimate of drug-likeness (QED) is 0.815. The lowest BCUT2D eigenvalue weighted by molar-refractivity contribution is 0.0774. The van der Waals surface area contributed by atoms with E-state index in [0.717, 1.165) is 25.9 Å². The molecule has 0 aliphatic carbocycles. The van der Waals surface area contributed by atoms with Gasteiger partial charge in [-0.05, 0) is 43.9 Å². The SMILES string of the molecule is CCC(CC)[C@@H](Oc1cccc(Cl)c1Cl)C1CCNC1. The van der Waals surface area contributed by atoms with Gasteiger partial charge in [-0.3, -0.25) is 0 Å². The summed E-state index contributed by atoms with van der Waals surface area (Å²) in [5.41, 5.74) is 0. The van der Waals surface area contributed by atoms with Crippen LogP contribution in [0.2, 0.25) is 10.0 Å². The predicted octanol–water partition coefficient (Wildman–Crippen LogP) is 4.79. The number of halogens is 2. The van der Waals surface area contributed by atoms with Crippen molar-refractivity contribution in [3.05, 3.63) is 28.2 Å². The van der Waals surface area contributed by atoms with Crippen LogP contribution in [0.4, 0.5) is 0 Å². The first-order valence-electron chi connectivity index (χ1n) is 7.48. The minimum atomic E-state index is 0.205. The summed E-state index contributed by atoms with van der Waals surface area (Å²) in [6.07, 6.45) is 3.61. The highest BCUT2D eigenvalue weighted by atomic mass is 35.5. The third-order valence-electron chi connectivity index (χ3n) is 4.26. The Balaban J connectivity index is 2.20. The molecule has 20 heavy (non-hydrogen) atoms. The van der Waals surface area contributed by atoms with E-state index in [1.807, 2.05) is 12.1 Å². The zero-order valence-corrected chi connectivity index (χ0v) is 13.7.